The number of rotatable bonds is 4. The third kappa shape index (κ3) is 3.57. The summed E-state index contributed by atoms with van der Waals surface area (Å²) < 4.78 is 0. The molecule has 0 amide bonds. The minimum absolute atomic E-state index is 0.558. The number of hydrogen-bond acceptors (Lipinski definition) is 5. The molecule has 0 aliphatic carbocycles. The van der Waals surface area contributed by atoms with Gasteiger partial charge in [0.05, 0.1) is 0 Å². The van der Waals surface area contributed by atoms with Gasteiger partial charge in [0.1, 0.15) is 7.85 Å². The van der Waals surface area contributed by atoms with Gasteiger partial charge in [-0.2, -0.15) is 0 Å². The molecule has 1 aliphatic rings. The first-order chi connectivity index (χ1) is 10.7. The van der Waals surface area contributed by atoms with Crippen LogP contribution in [0.5, 0.6) is 0 Å². The molecule has 6 heteroatoms. The number of nitrogens with one attached hydrogen (secondary N) is 1. The van der Waals surface area contributed by atoms with Crippen LogP contribution in [-0.2, 0) is 0 Å². The fourth-order valence-electron chi connectivity index (χ4n) is 2.63. The largest absolute Gasteiger partial charge is 0.369 e. The minimum atomic E-state index is 0.558. The fourth-order valence-corrected chi connectivity index (χ4v) is 2.63. The molecule has 5 nitrogen and oxygen atoms in total. The molecular weight excluding hydrogens is 273 g/mol. The van der Waals surface area contributed by atoms with Crippen molar-refractivity contribution in [2.75, 3.05) is 42.9 Å². The van der Waals surface area contributed by atoms with Gasteiger partial charge < -0.3 is 15.1 Å². The topological polar surface area (TPSA) is 44.3 Å². The van der Waals surface area contributed by atoms with Crippen molar-refractivity contribution in [2.45, 2.75) is 6.92 Å². The highest BCUT2D eigenvalue weighted by molar-refractivity contribution is 6.31. The Kier molecular flexibility index (Phi) is 4.58. The predicted octanol–water partition coefficient (Wildman–Crippen LogP) is 1.16. The molecule has 2 radical (unpaired) electrons. The molecule has 1 aromatic carbocycles. The van der Waals surface area contributed by atoms with Gasteiger partial charge in [0, 0.05) is 49.9 Å². The average molecular weight is 293 g/mol. The first-order valence-corrected chi connectivity index (χ1v) is 7.66. The van der Waals surface area contributed by atoms with Gasteiger partial charge in [-0.1, -0.05) is 18.5 Å². The van der Waals surface area contributed by atoms with E-state index in [0.29, 0.717) is 11.4 Å². The molecule has 0 saturated carbocycles. The van der Waals surface area contributed by atoms with Crippen molar-refractivity contribution in [3.63, 3.8) is 0 Å². The van der Waals surface area contributed by atoms with Crippen molar-refractivity contribution in [1.82, 2.24) is 14.9 Å². The summed E-state index contributed by atoms with van der Waals surface area (Å²) in [6.45, 7) is 7.71. The third-order valence-corrected chi connectivity index (χ3v) is 3.96. The summed E-state index contributed by atoms with van der Waals surface area (Å²) >= 11 is 0. The smallest absolute Gasteiger partial charge is 0.227 e. The molecule has 1 aliphatic heterocycles. The van der Waals surface area contributed by atoms with Gasteiger partial charge >= 0.3 is 0 Å². The van der Waals surface area contributed by atoms with E-state index in [1.165, 1.54) is 5.69 Å². The van der Waals surface area contributed by atoms with Crippen LogP contribution in [0.1, 0.15) is 6.92 Å². The van der Waals surface area contributed by atoms with Crippen molar-refractivity contribution in [3.05, 3.63) is 36.7 Å². The third-order valence-electron chi connectivity index (χ3n) is 3.96. The zero-order valence-corrected chi connectivity index (χ0v) is 12.9. The molecule has 1 aromatic heterocycles. The zero-order chi connectivity index (χ0) is 15.4. The van der Waals surface area contributed by atoms with Crippen LogP contribution in [0.15, 0.2) is 36.7 Å². The first kappa shape index (κ1) is 14.8. The van der Waals surface area contributed by atoms with Crippen molar-refractivity contribution >= 4 is 30.6 Å². The summed E-state index contributed by atoms with van der Waals surface area (Å²) in [7, 11) is 5.60. The Labute approximate surface area is 132 Å². The van der Waals surface area contributed by atoms with E-state index in [4.69, 9.17) is 7.85 Å². The highest BCUT2D eigenvalue weighted by Crippen LogP contribution is 2.22. The van der Waals surface area contributed by atoms with Gasteiger partial charge in [0.15, 0.2) is 0 Å². The summed E-state index contributed by atoms with van der Waals surface area (Å²) in [6, 6.07) is 8.37. The molecule has 0 unspecified atom stereocenters. The molecule has 1 saturated heterocycles. The normalized spacial score (nSPS) is 15.8. The van der Waals surface area contributed by atoms with Crippen LogP contribution in [0, 0.1) is 0 Å². The molecular formula is C16H20BN5. The van der Waals surface area contributed by atoms with E-state index in [-0.39, 0.29) is 0 Å². The maximum absolute atomic E-state index is 5.60. The highest BCUT2D eigenvalue weighted by atomic mass is 15.3. The predicted molar refractivity (Wildman–Crippen MR) is 91.5 cm³/mol. The summed E-state index contributed by atoms with van der Waals surface area (Å²) in [5.74, 6) is 0.558. The zero-order valence-electron chi connectivity index (χ0n) is 12.9. The quantitative estimate of drug-likeness (QED) is 0.857. The van der Waals surface area contributed by atoms with E-state index >= 15 is 0 Å². The van der Waals surface area contributed by atoms with E-state index < -0.39 is 0 Å². The molecule has 2 heterocycles. The van der Waals surface area contributed by atoms with Crippen molar-refractivity contribution in [3.8, 4) is 0 Å². The lowest BCUT2D eigenvalue weighted by molar-refractivity contribution is 0.271. The van der Waals surface area contributed by atoms with Gasteiger partial charge in [-0.05, 0) is 24.7 Å². The maximum atomic E-state index is 5.60. The maximum Gasteiger partial charge on any atom is 0.227 e. The molecule has 0 atom stereocenters. The lowest BCUT2D eigenvalue weighted by Crippen LogP contribution is -2.46. The van der Waals surface area contributed by atoms with E-state index in [2.05, 4.69) is 50.2 Å². The molecule has 3 rings (SSSR count). The molecule has 112 valence electrons. The second-order valence-corrected chi connectivity index (χ2v) is 5.44. The van der Waals surface area contributed by atoms with E-state index in [1.54, 1.807) is 12.4 Å². The number of piperazine rings is 1. The molecule has 2 aromatic rings. The van der Waals surface area contributed by atoms with Gasteiger partial charge in [-0.3, -0.25) is 0 Å². The Bertz CT molecular complexity index is 608. The van der Waals surface area contributed by atoms with Crippen LogP contribution in [0.3, 0.4) is 0 Å². The number of aromatic nitrogens is 2. The number of hydrogen-bond donors (Lipinski definition) is 1. The van der Waals surface area contributed by atoms with E-state index in [0.717, 1.165) is 38.4 Å². The Morgan fingerprint density at radius 1 is 1.14 bits per heavy atom. The minimum Gasteiger partial charge on any atom is -0.369 e. The lowest BCUT2D eigenvalue weighted by Gasteiger charge is -2.35. The summed E-state index contributed by atoms with van der Waals surface area (Å²) in [6.07, 6.45) is 3.20. The first-order valence-electron chi connectivity index (χ1n) is 7.66. The van der Waals surface area contributed by atoms with Crippen LogP contribution in [0.25, 0.3) is 0 Å². The fraction of sp³-hybridized carbons (Fsp3) is 0.375. The van der Waals surface area contributed by atoms with E-state index in [1.807, 2.05) is 6.07 Å². The second kappa shape index (κ2) is 6.79. The van der Waals surface area contributed by atoms with Gasteiger partial charge in [-0.25, -0.2) is 9.97 Å². The number of anilines is 3. The average Bonchev–Trinajstić information content (AvgIpc) is 2.57. The lowest BCUT2D eigenvalue weighted by atomic mass is 10.0. The van der Waals surface area contributed by atoms with Crippen LogP contribution in [-0.4, -0.2) is 55.4 Å². The van der Waals surface area contributed by atoms with E-state index in [9.17, 15) is 0 Å². The van der Waals surface area contributed by atoms with Gasteiger partial charge in [0.2, 0.25) is 5.95 Å². The van der Waals surface area contributed by atoms with Crippen LogP contribution < -0.4 is 15.7 Å². The number of nitrogens with zero attached hydrogens (tertiary/aromatic N) is 4. The summed E-state index contributed by atoms with van der Waals surface area (Å²) in [4.78, 5) is 13.2. The Hall–Kier alpha value is -2.08. The van der Waals surface area contributed by atoms with Gasteiger partial charge in [0.25, 0.3) is 0 Å². The summed E-state index contributed by atoms with van der Waals surface area (Å²) in [5, 5.41) is 3.22. The van der Waals surface area contributed by atoms with Crippen LogP contribution in [0.4, 0.5) is 17.3 Å². The molecule has 1 fully saturated rings. The summed E-state index contributed by atoms with van der Waals surface area (Å²) in [5.41, 5.74) is 2.78. The standard InChI is InChI=1S/C16H20BN5/c1-2-21-6-8-22(9-7-21)15-5-3-4-14(10-15)20-16-18-11-13(17)12-19-16/h3-5,10-12H,2,6-9H2,1H3,(H,18,19,20). The molecule has 0 bridgehead atoms. The Balaban J connectivity index is 1.68. The second-order valence-electron chi connectivity index (χ2n) is 5.44. The molecule has 22 heavy (non-hydrogen) atoms. The van der Waals surface area contributed by atoms with Crippen molar-refractivity contribution in [2.24, 2.45) is 0 Å². The number of likely N-dealkylation sites (N-methyl/N-ethyl adjacent to an activating group) is 1. The van der Waals surface area contributed by atoms with Crippen LogP contribution in [0.2, 0.25) is 0 Å². The van der Waals surface area contributed by atoms with Crippen LogP contribution >= 0.6 is 0 Å². The Morgan fingerprint density at radius 3 is 2.55 bits per heavy atom. The SMILES string of the molecule is [B]c1cnc(Nc2cccc(N3CCN(CC)CC3)c2)nc1. The Morgan fingerprint density at radius 2 is 1.86 bits per heavy atom. The number of benzene rings is 1. The van der Waals surface area contributed by atoms with Gasteiger partial charge in [-0.15, -0.1) is 0 Å². The monoisotopic (exact) mass is 293 g/mol. The van der Waals surface area contributed by atoms with Crippen molar-refractivity contribution < 1.29 is 0 Å². The van der Waals surface area contributed by atoms with Crippen molar-refractivity contribution in [1.29, 1.82) is 0 Å². The highest BCUT2D eigenvalue weighted by Gasteiger charge is 2.15. The molecule has 1 N–H and O–H groups in total. The molecule has 0 spiro atoms.